The van der Waals surface area contributed by atoms with Crippen LogP contribution in [0, 0.1) is 5.41 Å². The number of hydrogen-bond donors (Lipinski definition) is 0. The molecule has 0 aliphatic heterocycles. The summed E-state index contributed by atoms with van der Waals surface area (Å²) in [6.07, 6.45) is -1.19. The van der Waals surface area contributed by atoms with Crippen molar-refractivity contribution in [3.8, 4) is 0 Å². The van der Waals surface area contributed by atoms with Crippen LogP contribution in [0.3, 0.4) is 0 Å². The molecule has 0 amide bonds. The monoisotopic (exact) mass is 300 g/mol. The van der Waals surface area contributed by atoms with Gasteiger partial charge in [-0.2, -0.15) is 8.78 Å². The molecule has 0 saturated carbocycles. The maximum Gasteiger partial charge on any atom is 0.303 e. The van der Waals surface area contributed by atoms with E-state index in [1.165, 1.54) is 0 Å². The topological polar surface area (TPSA) is 26.3 Å². The van der Waals surface area contributed by atoms with Crippen LogP contribution in [-0.4, -0.2) is 23.3 Å². The van der Waals surface area contributed by atoms with Gasteiger partial charge >= 0.3 is 4.83 Å². The van der Waals surface area contributed by atoms with Gasteiger partial charge in [-0.05, 0) is 22.9 Å². The van der Waals surface area contributed by atoms with Crippen molar-refractivity contribution in [1.82, 2.24) is 0 Å². The summed E-state index contributed by atoms with van der Waals surface area (Å²) in [5.41, 5.74) is -0.517. The molecule has 0 rings (SSSR count). The Morgan fingerprint density at radius 2 is 1.88 bits per heavy atom. The molecule has 0 saturated heterocycles. The summed E-state index contributed by atoms with van der Waals surface area (Å²) in [5.74, 6) is -0.0669. The molecule has 2 nitrogen and oxygen atoms in total. The van der Waals surface area contributed by atoms with Gasteiger partial charge < -0.3 is 4.74 Å². The molecule has 0 N–H and O–H groups in total. The van der Waals surface area contributed by atoms with Crippen LogP contribution in [0.4, 0.5) is 8.78 Å². The number of carbonyl (C=O) groups is 1. The lowest BCUT2D eigenvalue weighted by atomic mass is 9.87. The van der Waals surface area contributed by atoms with E-state index in [2.05, 4.69) is 15.9 Å². The SMILES string of the molecule is CCOC(CC(=O)C(C)(C)C)CC(F)(F)Br. The zero-order valence-electron chi connectivity index (χ0n) is 10.1. The normalized spacial score (nSPS) is 14.9. The fraction of sp³-hybridized carbons (Fsp3) is 0.909. The summed E-state index contributed by atoms with van der Waals surface area (Å²) < 4.78 is 30.7. The Hall–Kier alpha value is -0.0300. The van der Waals surface area contributed by atoms with Crippen molar-refractivity contribution in [3.63, 3.8) is 0 Å². The first-order valence-corrected chi connectivity index (χ1v) is 6.07. The van der Waals surface area contributed by atoms with Gasteiger partial charge in [0.15, 0.2) is 0 Å². The Morgan fingerprint density at radius 3 is 2.19 bits per heavy atom. The first-order chi connectivity index (χ1) is 7.06. The molecule has 0 aromatic carbocycles. The van der Waals surface area contributed by atoms with Crippen molar-refractivity contribution in [1.29, 1.82) is 0 Å². The Balaban J connectivity index is 4.40. The summed E-state index contributed by atoms with van der Waals surface area (Å²) in [5, 5.41) is 0. The lowest BCUT2D eigenvalue weighted by Crippen LogP contribution is -2.29. The van der Waals surface area contributed by atoms with E-state index in [0.29, 0.717) is 6.61 Å². The number of halogens is 3. The molecule has 16 heavy (non-hydrogen) atoms. The molecule has 1 unspecified atom stereocenters. The first kappa shape index (κ1) is 16.0. The van der Waals surface area contributed by atoms with E-state index < -0.39 is 22.8 Å². The van der Waals surface area contributed by atoms with Crippen molar-refractivity contribution in [2.75, 3.05) is 6.61 Å². The smallest absolute Gasteiger partial charge is 0.303 e. The van der Waals surface area contributed by atoms with Crippen LogP contribution in [0.25, 0.3) is 0 Å². The molecule has 0 heterocycles. The molecule has 0 spiro atoms. The minimum Gasteiger partial charge on any atom is -0.378 e. The number of ether oxygens (including phenoxy) is 1. The van der Waals surface area contributed by atoms with Crippen LogP contribution in [-0.2, 0) is 9.53 Å². The van der Waals surface area contributed by atoms with E-state index in [1.807, 2.05) is 0 Å². The molecular formula is C11H19BrF2O2. The van der Waals surface area contributed by atoms with Gasteiger partial charge in [-0.15, -0.1) is 0 Å². The Labute approximate surface area is 104 Å². The molecule has 0 fully saturated rings. The average molecular weight is 301 g/mol. The highest BCUT2D eigenvalue weighted by Gasteiger charge is 2.32. The van der Waals surface area contributed by atoms with Crippen molar-refractivity contribution < 1.29 is 18.3 Å². The zero-order valence-corrected chi connectivity index (χ0v) is 11.7. The zero-order chi connectivity index (χ0) is 13.0. The quantitative estimate of drug-likeness (QED) is 0.698. The van der Waals surface area contributed by atoms with Crippen LogP contribution in [0.1, 0.15) is 40.5 Å². The first-order valence-electron chi connectivity index (χ1n) is 5.28. The Bertz CT molecular complexity index is 231. The predicted molar refractivity (Wildman–Crippen MR) is 63.0 cm³/mol. The van der Waals surface area contributed by atoms with Gasteiger partial charge in [0.25, 0.3) is 0 Å². The maximum atomic E-state index is 12.8. The fourth-order valence-electron chi connectivity index (χ4n) is 1.20. The van der Waals surface area contributed by atoms with E-state index in [4.69, 9.17) is 4.74 Å². The molecule has 0 bridgehead atoms. The van der Waals surface area contributed by atoms with Gasteiger partial charge in [0.05, 0.1) is 6.10 Å². The number of alkyl halides is 3. The Morgan fingerprint density at radius 1 is 1.38 bits per heavy atom. The van der Waals surface area contributed by atoms with E-state index in [9.17, 15) is 13.6 Å². The van der Waals surface area contributed by atoms with Gasteiger partial charge in [0.1, 0.15) is 5.78 Å². The van der Waals surface area contributed by atoms with Crippen LogP contribution >= 0.6 is 15.9 Å². The molecule has 96 valence electrons. The third kappa shape index (κ3) is 7.28. The van der Waals surface area contributed by atoms with Crippen molar-refractivity contribution in [2.45, 2.75) is 51.5 Å². The molecule has 0 aromatic heterocycles. The predicted octanol–water partition coefficient (Wildman–Crippen LogP) is 3.77. The maximum absolute atomic E-state index is 12.8. The summed E-state index contributed by atoms with van der Waals surface area (Å²) in [7, 11) is 0. The highest BCUT2D eigenvalue weighted by molar-refractivity contribution is 9.09. The molecule has 0 aromatic rings. The summed E-state index contributed by atoms with van der Waals surface area (Å²) in [4.78, 5) is 8.71. The number of carbonyl (C=O) groups excluding carboxylic acids is 1. The second kappa shape index (κ2) is 6.05. The third-order valence-electron chi connectivity index (χ3n) is 2.11. The minimum absolute atomic E-state index is 0.0263. The molecular weight excluding hydrogens is 282 g/mol. The van der Waals surface area contributed by atoms with Gasteiger partial charge in [0.2, 0.25) is 0 Å². The van der Waals surface area contributed by atoms with Crippen LogP contribution < -0.4 is 0 Å². The van der Waals surface area contributed by atoms with E-state index >= 15 is 0 Å². The number of hydrogen-bond acceptors (Lipinski definition) is 2. The Kier molecular flexibility index (Phi) is 6.04. The summed E-state index contributed by atoms with van der Waals surface area (Å²) in [6.45, 7) is 7.35. The van der Waals surface area contributed by atoms with Crippen molar-refractivity contribution >= 4 is 21.7 Å². The van der Waals surface area contributed by atoms with E-state index in [-0.39, 0.29) is 12.2 Å². The van der Waals surface area contributed by atoms with Gasteiger partial charge in [0, 0.05) is 24.9 Å². The second-order valence-electron chi connectivity index (χ2n) is 4.77. The standard InChI is InChI=1S/C11H19BrF2O2/c1-5-16-8(7-11(12,13)14)6-9(15)10(2,3)4/h8H,5-7H2,1-4H3. The number of rotatable bonds is 6. The molecule has 1 atom stereocenters. The van der Waals surface area contributed by atoms with Crippen molar-refractivity contribution in [3.05, 3.63) is 0 Å². The summed E-state index contributed by atoms with van der Waals surface area (Å²) in [6, 6.07) is 0. The van der Waals surface area contributed by atoms with E-state index in [1.54, 1.807) is 27.7 Å². The second-order valence-corrected chi connectivity index (χ2v) is 5.93. The molecule has 0 aliphatic carbocycles. The molecule has 0 radical (unpaired) electrons. The van der Waals surface area contributed by atoms with Gasteiger partial charge in [-0.25, -0.2) is 0 Å². The van der Waals surface area contributed by atoms with Gasteiger partial charge in [-0.3, -0.25) is 4.79 Å². The minimum atomic E-state index is -2.98. The average Bonchev–Trinajstić information content (AvgIpc) is 1.99. The van der Waals surface area contributed by atoms with Crippen molar-refractivity contribution in [2.24, 2.45) is 5.41 Å². The highest BCUT2D eigenvalue weighted by Crippen LogP contribution is 2.30. The number of Topliss-reactive ketones (excluding diaryl/α,β-unsaturated/α-hetero) is 1. The van der Waals surface area contributed by atoms with Crippen LogP contribution in [0.15, 0.2) is 0 Å². The van der Waals surface area contributed by atoms with Crippen LogP contribution in [0.5, 0.6) is 0 Å². The summed E-state index contributed by atoms with van der Waals surface area (Å²) >= 11 is 2.26. The highest BCUT2D eigenvalue weighted by atomic mass is 79.9. The van der Waals surface area contributed by atoms with E-state index in [0.717, 1.165) is 0 Å². The lowest BCUT2D eigenvalue weighted by Gasteiger charge is -2.23. The lowest BCUT2D eigenvalue weighted by molar-refractivity contribution is -0.130. The van der Waals surface area contributed by atoms with Crippen LogP contribution in [0.2, 0.25) is 0 Å². The number of ketones is 1. The van der Waals surface area contributed by atoms with Gasteiger partial charge in [-0.1, -0.05) is 20.8 Å². The largest absolute Gasteiger partial charge is 0.378 e. The molecule has 0 aliphatic rings. The molecule has 5 heteroatoms. The third-order valence-corrected chi connectivity index (χ3v) is 2.43. The fourth-order valence-corrected chi connectivity index (χ4v) is 1.56.